The first-order valence-corrected chi connectivity index (χ1v) is 5.84. The maximum atomic E-state index is 11.6. The first-order chi connectivity index (χ1) is 8.27. The lowest BCUT2D eigenvalue weighted by molar-refractivity contribution is 0.105. The van der Waals surface area contributed by atoms with E-state index in [1.807, 2.05) is 24.3 Å². The Kier molecular flexibility index (Phi) is 5.62. The van der Waals surface area contributed by atoms with E-state index in [4.69, 9.17) is 0 Å². The number of hydrogen-bond donors (Lipinski definition) is 0. The standard InChI is InChI=1S/C16H16O/c1-3-5-7-9-16(17)15-12-10-14(11-13-15)8-6-4-2/h10-13H,4,6,8H2,1-2H3. The Balaban J connectivity index is 2.70. The number of rotatable bonds is 4. The van der Waals surface area contributed by atoms with Gasteiger partial charge >= 0.3 is 0 Å². The molecule has 0 saturated carbocycles. The number of carbonyl (C=O) groups is 1. The van der Waals surface area contributed by atoms with Crippen molar-refractivity contribution in [2.24, 2.45) is 0 Å². The topological polar surface area (TPSA) is 17.1 Å². The van der Waals surface area contributed by atoms with Crippen molar-refractivity contribution in [3.05, 3.63) is 35.4 Å². The van der Waals surface area contributed by atoms with E-state index in [0.717, 1.165) is 6.42 Å². The van der Waals surface area contributed by atoms with E-state index < -0.39 is 0 Å². The lowest BCUT2D eigenvalue weighted by atomic mass is 10.0. The molecule has 0 amide bonds. The highest BCUT2D eigenvalue weighted by molar-refractivity contribution is 6.09. The molecule has 0 heterocycles. The molecule has 0 aliphatic heterocycles. The van der Waals surface area contributed by atoms with Gasteiger partial charge < -0.3 is 0 Å². The normalized spacial score (nSPS) is 8.59. The van der Waals surface area contributed by atoms with Crippen molar-refractivity contribution in [2.75, 3.05) is 0 Å². The number of benzene rings is 1. The lowest BCUT2D eigenvalue weighted by Crippen LogP contribution is -1.95. The average molecular weight is 224 g/mol. The molecular weight excluding hydrogens is 208 g/mol. The quantitative estimate of drug-likeness (QED) is 0.436. The summed E-state index contributed by atoms with van der Waals surface area (Å²) < 4.78 is 0. The zero-order chi connectivity index (χ0) is 12.5. The highest BCUT2D eigenvalue weighted by atomic mass is 16.1. The molecule has 0 aliphatic rings. The molecule has 17 heavy (non-hydrogen) atoms. The van der Waals surface area contributed by atoms with Gasteiger partial charge in [0.15, 0.2) is 0 Å². The molecule has 1 heteroatoms. The van der Waals surface area contributed by atoms with Crippen molar-refractivity contribution < 1.29 is 4.79 Å². The van der Waals surface area contributed by atoms with Crippen LogP contribution in [0, 0.1) is 23.7 Å². The van der Waals surface area contributed by atoms with Crippen molar-refractivity contribution in [3.8, 4) is 23.7 Å². The SMILES string of the molecule is CC#CC#CC(=O)c1ccc(CCCC)cc1. The van der Waals surface area contributed by atoms with E-state index in [0.29, 0.717) is 5.56 Å². The highest BCUT2D eigenvalue weighted by Crippen LogP contribution is 2.08. The summed E-state index contributed by atoms with van der Waals surface area (Å²) in [6.45, 7) is 3.87. The van der Waals surface area contributed by atoms with Gasteiger partial charge in [0.25, 0.3) is 0 Å². The predicted octanol–water partition coefficient (Wildman–Crippen LogP) is 3.24. The second-order valence-corrected chi connectivity index (χ2v) is 3.75. The molecule has 1 aromatic carbocycles. The molecule has 0 radical (unpaired) electrons. The van der Waals surface area contributed by atoms with Crippen molar-refractivity contribution in [1.29, 1.82) is 0 Å². The van der Waals surface area contributed by atoms with Crippen LogP contribution in [0.1, 0.15) is 42.6 Å². The largest absolute Gasteiger partial charge is 0.279 e. The van der Waals surface area contributed by atoms with Crippen molar-refractivity contribution in [2.45, 2.75) is 33.1 Å². The Morgan fingerprint density at radius 1 is 1.18 bits per heavy atom. The molecule has 1 nitrogen and oxygen atoms in total. The van der Waals surface area contributed by atoms with E-state index in [1.54, 1.807) is 6.92 Å². The summed E-state index contributed by atoms with van der Waals surface area (Å²) in [7, 11) is 0. The Hall–Kier alpha value is -1.99. The second-order valence-electron chi connectivity index (χ2n) is 3.75. The van der Waals surface area contributed by atoms with Gasteiger partial charge in [-0.1, -0.05) is 43.5 Å². The first kappa shape index (κ1) is 13.1. The van der Waals surface area contributed by atoms with Gasteiger partial charge in [-0.3, -0.25) is 4.79 Å². The second kappa shape index (κ2) is 7.31. The van der Waals surface area contributed by atoms with Crippen LogP contribution in [0.25, 0.3) is 0 Å². The number of unbranched alkanes of at least 4 members (excludes halogenated alkanes) is 1. The number of hydrogen-bond acceptors (Lipinski definition) is 1. The van der Waals surface area contributed by atoms with Gasteiger partial charge in [0.2, 0.25) is 5.78 Å². The smallest absolute Gasteiger partial charge is 0.236 e. The molecular formula is C16H16O. The monoisotopic (exact) mass is 224 g/mol. The summed E-state index contributed by atoms with van der Waals surface area (Å²) in [5.74, 6) is 10.0. The minimum Gasteiger partial charge on any atom is -0.279 e. The molecule has 0 bridgehead atoms. The van der Waals surface area contributed by atoms with Crippen LogP contribution in [-0.2, 0) is 6.42 Å². The summed E-state index contributed by atoms with van der Waals surface area (Å²) >= 11 is 0. The van der Waals surface area contributed by atoms with Crippen LogP contribution in [0.2, 0.25) is 0 Å². The van der Waals surface area contributed by atoms with Gasteiger partial charge in [0, 0.05) is 5.56 Å². The van der Waals surface area contributed by atoms with E-state index >= 15 is 0 Å². The van der Waals surface area contributed by atoms with Gasteiger partial charge in [0.1, 0.15) is 0 Å². The van der Waals surface area contributed by atoms with E-state index in [9.17, 15) is 4.79 Å². The van der Waals surface area contributed by atoms with E-state index in [-0.39, 0.29) is 5.78 Å². The molecule has 0 atom stereocenters. The Morgan fingerprint density at radius 2 is 1.88 bits per heavy atom. The van der Waals surface area contributed by atoms with Crippen LogP contribution in [0.3, 0.4) is 0 Å². The third kappa shape index (κ3) is 4.58. The first-order valence-electron chi connectivity index (χ1n) is 5.84. The van der Waals surface area contributed by atoms with E-state index in [2.05, 4.69) is 30.6 Å². The lowest BCUT2D eigenvalue weighted by Gasteiger charge is -2.00. The number of carbonyl (C=O) groups excluding carboxylic acids is 1. The van der Waals surface area contributed by atoms with E-state index in [1.165, 1.54) is 18.4 Å². The Morgan fingerprint density at radius 3 is 2.47 bits per heavy atom. The zero-order valence-corrected chi connectivity index (χ0v) is 10.3. The van der Waals surface area contributed by atoms with Crippen LogP contribution in [0.15, 0.2) is 24.3 Å². The fourth-order valence-corrected chi connectivity index (χ4v) is 1.43. The molecule has 1 rings (SSSR count). The predicted molar refractivity (Wildman–Crippen MR) is 70.6 cm³/mol. The zero-order valence-electron chi connectivity index (χ0n) is 10.3. The van der Waals surface area contributed by atoms with Crippen molar-refractivity contribution in [3.63, 3.8) is 0 Å². The van der Waals surface area contributed by atoms with Crippen LogP contribution in [0.4, 0.5) is 0 Å². The van der Waals surface area contributed by atoms with Crippen LogP contribution >= 0.6 is 0 Å². The number of ketones is 1. The minimum atomic E-state index is -0.171. The molecule has 0 aliphatic carbocycles. The fraction of sp³-hybridized carbons (Fsp3) is 0.312. The summed E-state index contributed by atoms with van der Waals surface area (Å²) in [6, 6.07) is 7.66. The molecule has 0 saturated heterocycles. The molecule has 86 valence electrons. The minimum absolute atomic E-state index is 0.171. The third-order valence-corrected chi connectivity index (χ3v) is 2.40. The van der Waals surface area contributed by atoms with Gasteiger partial charge in [-0.05, 0) is 43.1 Å². The molecule has 1 aromatic rings. The highest BCUT2D eigenvalue weighted by Gasteiger charge is 2.01. The van der Waals surface area contributed by atoms with Gasteiger partial charge in [-0.25, -0.2) is 0 Å². The molecule has 0 fully saturated rings. The van der Waals surface area contributed by atoms with Crippen molar-refractivity contribution in [1.82, 2.24) is 0 Å². The Bertz CT molecular complexity index is 486. The maximum absolute atomic E-state index is 11.6. The number of aryl methyl sites for hydroxylation is 1. The molecule has 0 unspecified atom stereocenters. The average Bonchev–Trinajstić information content (AvgIpc) is 2.37. The summed E-state index contributed by atoms with van der Waals surface area (Å²) in [6.07, 6.45) is 3.43. The van der Waals surface area contributed by atoms with Crippen molar-refractivity contribution >= 4 is 5.78 Å². The Labute approximate surface area is 103 Å². The third-order valence-electron chi connectivity index (χ3n) is 2.40. The fourth-order valence-electron chi connectivity index (χ4n) is 1.43. The van der Waals surface area contributed by atoms with Gasteiger partial charge in [-0.15, -0.1) is 0 Å². The molecule has 0 spiro atoms. The molecule has 0 N–H and O–H groups in total. The van der Waals surface area contributed by atoms with Crippen LogP contribution in [-0.4, -0.2) is 5.78 Å². The van der Waals surface area contributed by atoms with Gasteiger partial charge in [-0.2, -0.15) is 0 Å². The summed E-state index contributed by atoms with van der Waals surface area (Å²) in [5.41, 5.74) is 1.90. The van der Waals surface area contributed by atoms with Gasteiger partial charge in [0.05, 0.1) is 0 Å². The molecule has 0 aromatic heterocycles. The maximum Gasteiger partial charge on any atom is 0.236 e. The summed E-state index contributed by atoms with van der Waals surface area (Å²) in [5, 5.41) is 0. The summed E-state index contributed by atoms with van der Waals surface area (Å²) in [4.78, 5) is 11.6. The number of Topliss-reactive ketones (excluding diaryl/α,β-unsaturated/α-hetero) is 1. The van der Waals surface area contributed by atoms with Crippen LogP contribution < -0.4 is 0 Å². The van der Waals surface area contributed by atoms with Crippen LogP contribution in [0.5, 0.6) is 0 Å².